The van der Waals surface area contributed by atoms with Crippen molar-refractivity contribution in [3.8, 4) is 10.8 Å². The van der Waals surface area contributed by atoms with Crippen LogP contribution in [0, 0.1) is 0 Å². The fourth-order valence-electron chi connectivity index (χ4n) is 2.20. The quantitative estimate of drug-likeness (QED) is 0.338. The fourth-order valence-corrected chi connectivity index (χ4v) is 2.85. The van der Waals surface area contributed by atoms with Crippen LogP contribution < -0.4 is 10.6 Å². The lowest BCUT2D eigenvalue weighted by Crippen LogP contribution is -2.42. The van der Waals surface area contributed by atoms with E-state index < -0.39 is 0 Å². The van der Waals surface area contributed by atoms with Gasteiger partial charge in [-0.25, -0.2) is 4.98 Å². The van der Waals surface area contributed by atoms with Crippen molar-refractivity contribution in [2.24, 2.45) is 4.99 Å². The highest BCUT2D eigenvalue weighted by Gasteiger charge is 2.12. The lowest BCUT2D eigenvalue weighted by Gasteiger charge is -2.16. The molecule has 2 aromatic rings. The maximum atomic E-state index is 5.50. The van der Waals surface area contributed by atoms with E-state index in [9.17, 15) is 0 Å². The summed E-state index contributed by atoms with van der Waals surface area (Å²) in [5.74, 6) is 1.47. The molecule has 1 aliphatic carbocycles. The van der Waals surface area contributed by atoms with Gasteiger partial charge in [-0.05, 0) is 24.3 Å². The molecule has 0 spiro atoms. The molecule has 0 radical (unpaired) electrons. The van der Waals surface area contributed by atoms with Gasteiger partial charge in [-0.2, -0.15) is 0 Å². The fraction of sp³-hybridized carbons (Fsp3) is 0.333. The number of nitrogens with one attached hydrogen (secondary N) is 2. The van der Waals surface area contributed by atoms with E-state index in [2.05, 4.69) is 32.8 Å². The smallest absolute Gasteiger partial charge is 0.236 e. The summed E-state index contributed by atoms with van der Waals surface area (Å²) in [6.45, 7) is 0.592. The molecule has 3 rings (SSSR count). The van der Waals surface area contributed by atoms with Gasteiger partial charge >= 0.3 is 0 Å². The largest absolute Gasteiger partial charge is 0.443 e. The number of hydrogen-bond acceptors (Lipinski definition) is 4. The van der Waals surface area contributed by atoms with Crippen molar-refractivity contribution in [2.45, 2.75) is 25.4 Å². The third-order valence-corrected chi connectivity index (χ3v) is 4.15. The van der Waals surface area contributed by atoms with Crippen LogP contribution in [0.15, 0.2) is 45.3 Å². The second-order valence-electron chi connectivity index (χ2n) is 4.83. The number of aliphatic imine (C=N–C) groups is 1. The summed E-state index contributed by atoms with van der Waals surface area (Å²) in [6, 6.07) is 4.43. The Bertz CT molecular complexity index is 628. The van der Waals surface area contributed by atoms with Crippen molar-refractivity contribution < 1.29 is 4.42 Å². The van der Waals surface area contributed by atoms with Gasteiger partial charge in [-0.1, -0.05) is 18.2 Å². The van der Waals surface area contributed by atoms with Gasteiger partial charge in [0.15, 0.2) is 5.96 Å². The average molecular weight is 430 g/mol. The van der Waals surface area contributed by atoms with Crippen LogP contribution in [0.25, 0.3) is 10.8 Å². The maximum Gasteiger partial charge on any atom is 0.236 e. The molecule has 5 nitrogen and oxygen atoms in total. The molecular formula is C15H19IN4OS. The molecular weight excluding hydrogens is 411 g/mol. The van der Waals surface area contributed by atoms with Gasteiger partial charge in [0.2, 0.25) is 5.89 Å². The molecule has 118 valence electrons. The first kappa shape index (κ1) is 17.0. The Morgan fingerprint density at radius 3 is 2.95 bits per heavy atom. The predicted molar refractivity (Wildman–Crippen MR) is 101 cm³/mol. The van der Waals surface area contributed by atoms with Crippen LogP contribution in [-0.2, 0) is 6.54 Å². The summed E-state index contributed by atoms with van der Waals surface area (Å²) in [5.41, 5.74) is 0.867. The molecule has 1 aliphatic rings. The van der Waals surface area contributed by atoms with Gasteiger partial charge < -0.3 is 15.1 Å². The third kappa shape index (κ3) is 4.33. The van der Waals surface area contributed by atoms with E-state index in [-0.39, 0.29) is 24.0 Å². The van der Waals surface area contributed by atoms with Crippen LogP contribution in [0.2, 0.25) is 0 Å². The van der Waals surface area contributed by atoms with Gasteiger partial charge in [0, 0.05) is 13.1 Å². The molecule has 0 saturated heterocycles. The first-order chi connectivity index (χ1) is 10.3. The minimum absolute atomic E-state index is 0. The first-order valence-electron chi connectivity index (χ1n) is 6.95. The number of oxazole rings is 1. The summed E-state index contributed by atoms with van der Waals surface area (Å²) in [5, 5.41) is 8.67. The van der Waals surface area contributed by atoms with Crippen molar-refractivity contribution in [3.05, 3.63) is 41.6 Å². The summed E-state index contributed by atoms with van der Waals surface area (Å²) >= 11 is 1.62. The van der Waals surface area contributed by atoms with Gasteiger partial charge in [0.25, 0.3) is 0 Å². The molecule has 0 amide bonds. The zero-order valence-corrected chi connectivity index (χ0v) is 15.4. The summed E-state index contributed by atoms with van der Waals surface area (Å²) in [7, 11) is 1.78. The van der Waals surface area contributed by atoms with E-state index in [1.54, 1.807) is 24.6 Å². The Hall–Kier alpha value is -1.35. The maximum absolute atomic E-state index is 5.50. The van der Waals surface area contributed by atoms with Crippen LogP contribution in [-0.4, -0.2) is 24.0 Å². The number of rotatable bonds is 4. The van der Waals surface area contributed by atoms with E-state index in [1.807, 2.05) is 17.5 Å². The Morgan fingerprint density at radius 1 is 1.45 bits per heavy atom. The van der Waals surface area contributed by atoms with E-state index in [0.29, 0.717) is 18.5 Å². The summed E-state index contributed by atoms with van der Waals surface area (Å²) in [6.07, 6.45) is 8.17. The van der Waals surface area contributed by atoms with Crippen molar-refractivity contribution in [1.82, 2.24) is 15.6 Å². The van der Waals surface area contributed by atoms with Crippen molar-refractivity contribution in [2.75, 3.05) is 7.05 Å². The van der Waals surface area contributed by atoms with Crippen LogP contribution >= 0.6 is 35.3 Å². The minimum Gasteiger partial charge on any atom is -0.443 e. The zero-order valence-electron chi connectivity index (χ0n) is 12.3. The van der Waals surface area contributed by atoms with Gasteiger partial charge in [-0.15, -0.1) is 35.3 Å². The SMILES string of the molecule is CN=C(NCc1coc(-c2cccs2)n1)NC1CC=CC1.I. The molecule has 7 heteroatoms. The molecule has 0 unspecified atom stereocenters. The molecule has 22 heavy (non-hydrogen) atoms. The molecule has 0 aliphatic heterocycles. The monoisotopic (exact) mass is 430 g/mol. The molecule has 2 N–H and O–H groups in total. The van der Waals surface area contributed by atoms with E-state index >= 15 is 0 Å². The highest BCUT2D eigenvalue weighted by molar-refractivity contribution is 14.0. The van der Waals surface area contributed by atoms with Gasteiger partial charge in [0.1, 0.15) is 6.26 Å². The predicted octanol–water partition coefficient (Wildman–Crippen LogP) is 3.40. The number of guanidine groups is 1. The molecule has 0 aromatic carbocycles. The molecule has 2 aromatic heterocycles. The number of halogens is 1. The first-order valence-corrected chi connectivity index (χ1v) is 7.83. The van der Waals surface area contributed by atoms with Crippen molar-refractivity contribution in [1.29, 1.82) is 0 Å². The molecule has 2 heterocycles. The Kier molecular flexibility index (Phi) is 6.44. The Labute approximate surface area is 151 Å². The Balaban J connectivity index is 0.00000176. The van der Waals surface area contributed by atoms with Gasteiger partial charge in [-0.3, -0.25) is 4.99 Å². The highest BCUT2D eigenvalue weighted by Crippen LogP contribution is 2.23. The van der Waals surface area contributed by atoms with E-state index in [1.165, 1.54) is 0 Å². The van der Waals surface area contributed by atoms with Crippen LogP contribution in [0.1, 0.15) is 18.5 Å². The highest BCUT2D eigenvalue weighted by atomic mass is 127. The summed E-state index contributed by atoms with van der Waals surface area (Å²) in [4.78, 5) is 9.75. The van der Waals surface area contributed by atoms with Crippen molar-refractivity contribution in [3.63, 3.8) is 0 Å². The number of thiophene rings is 1. The zero-order chi connectivity index (χ0) is 14.5. The normalized spacial score (nSPS) is 14.9. The van der Waals surface area contributed by atoms with Gasteiger partial charge in [0.05, 0.1) is 17.1 Å². The molecule has 0 fully saturated rings. The van der Waals surface area contributed by atoms with E-state index in [4.69, 9.17) is 4.42 Å². The number of aromatic nitrogens is 1. The number of nitrogens with zero attached hydrogens (tertiary/aromatic N) is 2. The lowest BCUT2D eigenvalue weighted by atomic mass is 10.2. The van der Waals surface area contributed by atoms with Crippen LogP contribution in [0.4, 0.5) is 0 Å². The second kappa shape index (κ2) is 8.33. The third-order valence-electron chi connectivity index (χ3n) is 3.29. The average Bonchev–Trinajstić information content (AvgIpc) is 3.24. The lowest BCUT2D eigenvalue weighted by molar-refractivity contribution is 0.573. The minimum atomic E-state index is 0. The van der Waals surface area contributed by atoms with E-state index in [0.717, 1.165) is 29.4 Å². The topological polar surface area (TPSA) is 62.5 Å². The van der Waals surface area contributed by atoms with Crippen molar-refractivity contribution >= 4 is 41.3 Å². The van der Waals surface area contributed by atoms with Crippen LogP contribution in [0.3, 0.4) is 0 Å². The number of hydrogen-bond donors (Lipinski definition) is 2. The molecule has 0 atom stereocenters. The molecule has 0 bridgehead atoms. The standard InChI is InChI=1S/C15H18N4OS.HI/c1-16-15(19-11-5-2-3-6-11)17-9-12-10-20-14(18-12)13-7-4-8-21-13;/h2-4,7-8,10-11H,5-6,9H2,1H3,(H2,16,17,19);1H. The second-order valence-corrected chi connectivity index (χ2v) is 5.78. The molecule has 0 saturated carbocycles. The Morgan fingerprint density at radius 2 is 2.27 bits per heavy atom. The summed E-state index contributed by atoms with van der Waals surface area (Å²) < 4.78 is 5.50. The van der Waals surface area contributed by atoms with Crippen LogP contribution in [0.5, 0.6) is 0 Å².